The summed E-state index contributed by atoms with van der Waals surface area (Å²) in [7, 11) is -5.33. The molecule has 0 aliphatic carbocycles. The van der Waals surface area contributed by atoms with E-state index < -0.39 is 9.39 Å². The van der Waals surface area contributed by atoms with Crippen LogP contribution in [0.4, 0.5) is 0 Å². The van der Waals surface area contributed by atoms with Crippen molar-refractivity contribution in [3.05, 3.63) is 0 Å². The van der Waals surface area contributed by atoms with Gasteiger partial charge in [-0.2, -0.15) is 0 Å². The maximum atomic E-state index is 16.1. The third-order valence-electron chi connectivity index (χ3n) is 9.58. The van der Waals surface area contributed by atoms with E-state index in [-0.39, 0.29) is 12.4 Å². The molecule has 0 spiro atoms. The van der Waals surface area contributed by atoms with Gasteiger partial charge in [-0.25, -0.2) is 0 Å². The summed E-state index contributed by atoms with van der Waals surface area (Å²) in [5.41, 5.74) is 0. The first-order valence-electron chi connectivity index (χ1n) is 7.57. The van der Waals surface area contributed by atoms with Crippen LogP contribution in [0.1, 0.15) is 55.4 Å². The van der Waals surface area contributed by atoms with Crippen molar-refractivity contribution in [1.82, 2.24) is 0 Å². The van der Waals surface area contributed by atoms with E-state index >= 15 is 3.47 Å². The van der Waals surface area contributed by atoms with E-state index in [1.807, 2.05) is 0 Å². The Balaban J connectivity index is 0. The standard InChI is InChI=1S/8C2H5.ClH.O.Pd/c8*1-2;;;/h8*1H2,2H3;1H;;. The third-order valence-corrected chi connectivity index (χ3v) is 56.7. The molecule has 0 bridgehead atoms. The Morgan fingerprint density at radius 2 is 0.579 bits per heavy atom. The van der Waals surface area contributed by atoms with E-state index in [2.05, 4.69) is 55.4 Å². The van der Waals surface area contributed by atoms with E-state index in [1.54, 1.807) is 0 Å². The summed E-state index contributed by atoms with van der Waals surface area (Å²) in [5.74, 6) is 0. The van der Waals surface area contributed by atoms with Crippen molar-refractivity contribution >= 4 is 12.4 Å². The second-order valence-corrected chi connectivity index (χ2v) is 41.1. The predicted octanol–water partition coefficient (Wildman–Crippen LogP) is 8.09. The van der Waals surface area contributed by atoms with E-state index in [9.17, 15) is 0 Å². The zero-order chi connectivity index (χ0) is 15.0. The van der Waals surface area contributed by atoms with Gasteiger partial charge in [0.25, 0.3) is 0 Å². The Morgan fingerprint density at radius 1 is 0.474 bits per heavy atom. The molecule has 0 aromatic rings. The van der Waals surface area contributed by atoms with Gasteiger partial charge < -0.3 is 0 Å². The number of rotatable bonds is 8. The molecule has 0 saturated heterocycles. The second kappa shape index (κ2) is 2.95. The van der Waals surface area contributed by atoms with Crippen LogP contribution in [0.3, 0.4) is 0 Å². The van der Waals surface area contributed by atoms with Gasteiger partial charge in [0.1, 0.15) is 0 Å². The molecule has 0 rings (SSSR count). The molecule has 0 amide bonds. The molecule has 0 fully saturated rings. The van der Waals surface area contributed by atoms with Crippen molar-refractivity contribution in [2.45, 2.75) is 94.5 Å². The minimum Gasteiger partial charge on any atom is -0.147 e. The van der Waals surface area contributed by atoms with Crippen LogP contribution in [0.2, 0.25) is 39.1 Å². The van der Waals surface area contributed by atoms with Crippen molar-refractivity contribution in [2.24, 2.45) is 0 Å². The summed E-state index contributed by atoms with van der Waals surface area (Å²) in [6.07, 6.45) is 0. The first-order chi connectivity index (χ1) is 7.88. The van der Waals surface area contributed by atoms with Crippen LogP contribution >= 0.6 is 12.4 Å². The first kappa shape index (κ1) is 22.0. The monoisotopic (exact) mass is 390 g/mol. The normalized spacial score (nSPS) is 23.5. The molecule has 128 valence electrons. The van der Waals surface area contributed by atoms with E-state index in [1.165, 1.54) is 0 Å². The van der Waals surface area contributed by atoms with E-state index in [0.29, 0.717) is 0 Å². The van der Waals surface area contributed by atoms with Gasteiger partial charge in [-0.05, 0) is 0 Å². The first-order valence-corrected chi connectivity index (χ1v) is 17.0. The summed E-state index contributed by atoms with van der Waals surface area (Å²) in [6.45, 7) is 17.8. The minimum atomic E-state index is -5.33. The minimum absolute atomic E-state index is 0. The van der Waals surface area contributed by atoms with Gasteiger partial charge in [-0.1, -0.05) is 0 Å². The number of hydrogen-bond acceptors (Lipinski definition) is 1. The fraction of sp³-hybridized carbons (Fsp3) is 1.00. The summed E-state index contributed by atoms with van der Waals surface area (Å²) >= 11 is 0. The van der Waals surface area contributed by atoms with Crippen LogP contribution < -0.4 is 0 Å². The average Bonchev–Trinajstić information content (AvgIpc) is 2.51. The zero-order valence-electron chi connectivity index (χ0n) is 14.8. The molecular weight excluding hydrogens is 350 g/mol. The van der Waals surface area contributed by atoms with Crippen LogP contribution in [-0.2, 0) is 12.9 Å². The van der Waals surface area contributed by atoms with E-state index in [0.717, 1.165) is 39.1 Å². The van der Waals surface area contributed by atoms with Crippen molar-refractivity contribution < 1.29 is 12.9 Å². The maximum Gasteiger partial charge on any atom is -0.147 e. The Bertz CT molecular complexity index is 401. The van der Waals surface area contributed by atoms with Gasteiger partial charge in [0.2, 0.25) is 0 Å². The molecule has 19 heavy (non-hydrogen) atoms. The van der Waals surface area contributed by atoms with Gasteiger partial charge in [-0.3, -0.25) is 0 Å². The van der Waals surface area contributed by atoms with Crippen LogP contribution in [0, 0.1) is 0 Å². The van der Waals surface area contributed by atoms with Gasteiger partial charge in [0.05, 0.1) is 0 Å². The smallest absolute Gasteiger partial charge is 0.147 e. The third kappa shape index (κ3) is 1.26. The van der Waals surface area contributed by atoms with Gasteiger partial charge >= 0.3 is 107 Å². The molecule has 0 radical (unpaired) electrons. The summed E-state index contributed by atoms with van der Waals surface area (Å²) in [5, 5.41) is 0. The van der Waals surface area contributed by atoms with E-state index in [4.69, 9.17) is 0 Å². The van der Waals surface area contributed by atoms with Gasteiger partial charge in [0, 0.05) is 0 Å². The number of halogens is 1. The quantitative estimate of drug-likeness (QED) is 0.382. The molecule has 1 nitrogen and oxygen atoms in total. The van der Waals surface area contributed by atoms with Crippen molar-refractivity contribution in [3.63, 3.8) is 0 Å². The fourth-order valence-electron chi connectivity index (χ4n) is 4.43. The summed E-state index contributed by atoms with van der Waals surface area (Å²) in [4.78, 5) is 6.78. The molecule has 0 aliphatic rings. The molecule has 3 heteroatoms. The summed E-state index contributed by atoms with van der Waals surface area (Å²) < 4.78 is 16.1. The Hall–Kier alpha value is 0.752. The number of hydrogen-bond donors (Lipinski definition) is 0. The van der Waals surface area contributed by atoms with Crippen LogP contribution in [0.15, 0.2) is 0 Å². The van der Waals surface area contributed by atoms with Crippen molar-refractivity contribution in [2.75, 3.05) is 0 Å². The van der Waals surface area contributed by atoms with Crippen LogP contribution in [0.25, 0.3) is 0 Å². The SMILES string of the molecule is C[CH2][Pd](=[O])([CH2]C)([CH2]C)([CH2]C)([CH2]C)([CH2]C)([CH2]C)[CH2]C.Cl. The van der Waals surface area contributed by atoms with Crippen LogP contribution in [0.5, 0.6) is 0 Å². The molecular formula is C16H41ClOPd. The molecule has 0 aliphatic heterocycles. The topological polar surface area (TPSA) is 17.1 Å². The molecule has 0 unspecified atom stereocenters. The average molecular weight is 391 g/mol. The summed E-state index contributed by atoms with van der Waals surface area (Å²) in [6, 6.07) is 0. The largest absolute Gasteiger partial charge is 0.147 e. The molecule has 0 aromatic heterocycles. The predicted molar refractivity (Wildman–Crippen MR) is 91.8 cm³/mol. The second-order valence-electron chi connectivity index (χ2n) is 6.95. The Morgan fingerprint density at radius 3 is 0.579 bits per heavy atom. The van der Waals surface area contributed by atoms with Gasteiger partial charge in [-0.15, -0.1) is 12.4 Å². The van der Waals surface area contributed by atoms with Crippen molar-refractivity contribution in [1.29, 1.82) is 0 Å². The zero-order valence-corrected chi connectivity index (χ0v) is 17.2. The Labute approximate surface area is 119 Å². The van der Waals surface area contributed by atoms with Crippen molar-refractivity contribution in [3.8, 4) is 0 Å². The molecule has 0 aromatic carbocycles. The maximum absolute atomic E-state index is 16.1. The molecule has 0 N–H and O–H groups in total. The molecule has 0 heterocycles. The molecule has 0 atom stereocenters. The van der Waals surface area contributed by atoms with Crippen LogP contribution in [-0.4, -0.2) is 0 Å². The fourth-order valence-corrected chi connectivity index (χ4v) is 26.2. The Kier molecular flexibility index (Phi) is 3.42. The van der Waals surface area contributed by atoms with Gasteiger partial charge in [0.15, 0.2) is 0 Å². The molecule has 0 saturated carbocycles.